The molecule has 2 aromatic heterocycles. The van der Waals surface area contributed by atoms with E-state index in [1.165, 1.54) is 11.6 Å². The Hall–Kier alpha value is -3.54. The number of methoxy groups -OCH3 is 1. The molecule has 0 spiro atoms. The lowest BCUT2D eigenvalue weighted by atomic mass is 10.1. The van der Waals surface area contributed by atoms with Gasteiger partial charge >= 0.3 is 5.69 Å². The van der Waals surface area contributed by atoms with Crippen molar-refractivity contribution < 1.29 is 4.74 Å². The van der Waals surface area contributed by atoms with Gasteiger partial charge in [0.05, 0.1) is 23.7 Å². The van der Waals surface area contributed by atoms with Crippen molar-refractivity contribution in [2.45, 2.75) is 6.92 Å². The van der Waals surface area contributed by atoms with Crippen LogP contribution in [-0.2, 0) is 14.1 Å². The maximum atomic E-state index is 13.1. The molecule has 2 aromatic carbocycles. The Labute approximate surface area is 161 Å². The highest BCUT2D eigenvalue weighted by atomic mass is 16.5. The van der Waals surface area contributed by atoms with Gasteiger partial charge in [-0.25, -0.2) is 4.79 Å². The fourth-order valence-electron chi connectivity index (χ4n) is 3.58. The molecule has 0 radical (unpaired) electrons. The Morgan fingerprint density at radius 3 is 2.39 bits per heavy atom. The largest absolute Gasteiger partial charge is 0.497 e. The van der Waals surface area contributed by atoms with E-state index in [1.807, 2.05) is 66.2 Å². The number of ether oxygens (including phenoxy) is 1. The minimum absolute atomic E-state index is 0.309. The summed E-state index contributed by atoms with van der Waals surface area (Å²) in [5, 5.41) is 0.512. The third kappa shape index (κ3) is 2.65. The van der Waals surface area contributed by atoms with Gasteiger partial charge in [0.25, 0.3) is 5.56 Å². The van der Waals surface area contributed by atoms with Crippen molar-refractivity contribution in [3.05, 3.63) is 81.1 Å². The van der Waals surface area contributed by atoms with Gasteiger partial charge in [-0.2, -0.15) is 0 Å². The molecule has 0 bridgehead atoms. The second-order valence-electron chi connectivity index (χ2n) is 6.88. The van der Waals surface area contributed by atoms with Crippen LogP contribution in [0.2, 0.25) is 0 Å². The van der Waals surface area contributed by atoms with Crippen molar-refractivity contribution >= 4 is 10.9 Å². The summed E-state index contributed by atoms with van der Waals surface area (Å²) in [5.74, 6) is 0.715. The molecule has 0 aliphatic heterocycles. The summed E-state index contributed by atoms with van der Waals surface area (Å²) in [4.78, 5) is 25.5. The molecule has 0 saturated carbocycles. The molecule has 4 rings (SSSR count). The summed E-state index contributed by atoms with van der Waals surface area (Å²) in [6.45, 7) is 2.01. The molecule has 4 aromatic rings. The molecule has 0 fully saturated rings. The fourth-order valence-corrected chi connectivity index (χ4v) is 3.58. The first-order chi connectivity index (χ1) is 13.4. The van der Waals surface area contributed by atoms with Crippen LogP contribution in [0.4, 0.5) is 0 Å². The molecule has 142 valence electrons. The van der Waals surface area contributed by atoms with Crippen molar-refractivity contribution in [2.24, 2.45) is 14.1 Å². The van der Waals surface area contributed by atoms with Crippen LogP contribution >= 0.6 is 0 Å². The molecular weight excluding hydrogens is 354 g/mol. The average Bonchev–Trinajstić information content (AvgIpc) is 3.11. The van der Waals surface area contributed by atoms with Crippen LogP contribution in [0.3, 0.4) is 0 Å². The van der Waals surface area contributed by atoms with Crippen molar-refractivity contribution in [3.8, 4) is 22.7 Å². The monoisotopic (exact) mass is 375 g/mol. The maximum Gasteiger partial charge on any atom is 0.330 e. The molecule has 0 saturated heterocycles. The fraction of sp³-hybridized carbons (Fsp3) is 0.182. The van der Waals surface area contributed by atoms with E-state index in [4.69, 9.17) is 4.74 Å². The van der Waals surface area contributed by atoms with Crippen LogP contribution in [0, 0.1) is 6.92 Å². The Morgan fingerprint density at radius 1 is 0.929 bits per heavy atom. The maximum absolute atomic E-state index is 13.1. The molecule has 0 unspecified atom stereocenters. The smallest absolute Gasteiger partial charge is 0.330 e. The highest BCUT2D eigenvalue weighted by molar-refractivity contribution is 5.94. The summed E-state index contributed by atoms with van der Waals surface area (Å²) >= 11 is 0. The Balaban J connectivity index is 2.20. The second-order valence-corrected chi connectivity index (χ2v) is 6.88. The molecule has 0 atom stereocenters. The molecule has 6 heteroatoms. The van der Waals surface area contributed by atoms with E-state index in [0.29, 0.717) is 16.7 Å². The standard InChI is InChI=1S/C22H21N3O3/c1-14-7-5-8-15(11-14)20-19-18(23(2)22(27)24(3)21(19)26)13-25(20)16-9-6-10-17(12-16)28-4/h5-13H,1-4H3. The SMILES string of the molecule is COc1cccc(-n2cc3c(c2-c2cccc(C)c2)c(=O)n(C)c(=O)n3C)c1. The zero-order chi connectivity index (χ0) is 20.0. The van der Waals surface area contributed by atoms with Crippen molar-refractivity contribution in [1.29, 1.82) is 0 Å². The van der Waals surface area contributed by atoms with Crippen LogP contribution < -0.4 is 16.0 Å². The average molecular weight is 375 g/mol. The second kappa shape index (κ2) is 6.56. The number of fused-ring (bicyclic) bond motifs is 1. The van der Waals surface area contributed by atoms with Crippen molar-refractivity contribution in [1.82, 2.24) is 13.7 Å². The zero-order valence-electron chi connectivity index (χ0n) is 16.3. The molecule has 6 nitrogen and oxygen atoms in total. The number of hydrogen-bond acceptors (Lipinski definition) is 3. The van der Waals surface area contributed by atoms with Crippen LogP contribution in [0.15, 0.2) is 64.3 Å². The molecular formula is C22H21N3O3. The quantitative estimate of drug-likeness (QED) is 0.553. The van der Waals surface area contributed by atoms with E-state index in [9.17, 15) is 9.59 Å². The number of nitrogens with zero attached hydrogens (tertiary/aromatic N) is 3. The minimum Gasteiger partial charge on any atom is -0.497 e. The summed E-state index contributed by atoms with van der Waals surface area (Å²) in [6, 6.07) is 15.6. The predicted molar refractivity (Wildman–Crippen MR) is 110 cm³/mol. The number of aromatic nitrogens is 3. The summed E-state index contributed by atoms with van der Waals surface area (Å²) in [7, 11) is 4.80. The first kappa shape index (κ1) is 17.9. The van der Waals surface area contributed by atoms with E-state index in [0.717, 1.165) is 27.1 Å². The molecule has 0 amide bonds. The van der Waals surface area contributed by atoms with E-state index in [1.54, 1.807) is 14.2 Å². The number of rotatable bonds is 3. The topological polar surface area (TPSA) is 58.2 Å². The number of benzene rings is 2. The van der Waals surface area contributed by atoms with Gasteiger partial charge in [-0.3, -0.25) is 13.9 Å². The lowest BCUT2D eigenvalue weighted by Crippen LogP contribution is -2.36. The molecule has 2 heterocycles. The first-order valence-corrected chi connectivity index (χ1v) is 8.95. The van der Waals surface area contributed by atoms with E-state index in [-0.39, 0.29) is 11.2 Å². The Bertz CT molecular complexity index is 1330. The third-order valence-electron chi connectivity index (χ3n) is 5.06. The van der Waals surface area contributed by atoms with E-state index >= 15 is 0 Å². The minimum atomic E-state index is -0.351. The van der Waals surface area contributed by atoms with Gasteiger partial charge in [0.2, 0.25) is 0 Å². The first-order valence-electron chi connectivity index (χ1n) is 8.95. The van der Waals surface area contributed by atoms with Crippen LogP contribution in [0.1, 0.15) is 5.56 Å². The van der Waals surface area contributed by atoms with E-state index in [2.05, 4.69) is 0 Å². The molecule has 0 aliphatic carbocycles. The summed E-state index contributed by atoms with van der Waals surface area (Å²) in [6.07, 6.45) is 1.84. The molecule has 0 aliphatic rings. The van der Waals surface area contributed by atoms with Crippen molar-refractivity contribution in [3.63, 3.8) is 0 Å². The van der Waals surface area contributed by atoms with Gasteiger partial charge in [0, 0.05) is 32.0 Å². The van der Waals surface area contributed by atoms with Gasteiger partial charge < -0.3 is 9.30 Å². The Kier molecular flexibility index (Phi) is 4.19. The zero-order valence-corrected chi connectivity index (χ0v) is 16.3. The molecule has 28 heavy (non-hydrogen) atoms. The van der Waals surface area contributed by atoms with Crippen LogP contribution in [0.25, 0.3) is 27.8 Å². The lowest BCUT2D eigenvalue weighted by Gasteiger charge is -2.12. The normalized spacial score (nSPS) is 11.1. The van der Waals surface area contributed by atoms with Crippen molar-refractivity contribution in [2.75, 3.05) is 7.11 Å². The number of hydrogen-bond donors (Lipinski definition) is 0. The number of aryl methyl sites for hydroxylation is 2. The summed E-state index contributed by atoms with van der Waals surface area (Å²) in [5.41, 5.74) is 3.53. The lowest BCUT2D eigenvalue weighted by molar-refractivity contribution is 0.414. The van der Waals surface area contributed by atoms with Gasteiger partial charge in [0.15, 0.2) is 0 Å². The summed E-state index contributed by atoms with van der Waals surface area (Å²) < 4.78 is 9.97. The van der Waals surface area contributed by atoms with Crippen LogP contribution in [-0.4, -0.2) is 20.8 Å². The van der Waals surface area contributed by atoms with Gasteiger partial charge in [-0.15, -0.1) is 0 Å². The van der Waals surface area contributed by atoms with Gasteiger partial charge in [0.1, 0.15) is 5.75 Å². The highest BCUT2D eigenvalue weighted by Crippen LogP contribution is 2.32. The molecule has 0 N–H and O–H groups in total. The predicted octanol–water partition coefficient (Wildman–Crippen LogP) is 3.01. The van der Waals surface area contributed by atoms with Gasteiger partial charge in [-0.1, -0.05) is 29.8 Å². The van der Waals surface area contributed by atoms with Gasteiger partial charge in [-0.05, 0) is 30.7 Å². The Morgan fingerprint density at radius 2 is 1.68 bits per heavy atom. The highest BCUT2D eigenvalue weighted by Gasteiger charge is 2.20. The van der Waals surface area contributed by atoms with Crippen LogP contribution in [0.5, 0.6) is 5.75 Å². The third-order valence-corrected chi connectivity index (χ3v) is 5.06. The van der Waals surface area contributed by atoms with E-state index < -0.39 is 0 Å².